The quantitative estimate of drug-likeness (QED) is 0.328. The average molecular weight is 286 g/mol. The Morgan fingerprint density at radius 1 is 1.43 bits per heavy atom. The van der Waals surface area contributed by atoms with E-state index in [4.69, 9.17) is 5.73 Å². The molecule has 2 aliphatic heterocycles. The fourth-order valence-corrected chi connectivity index (χ4v) is 1.83. The first-order valence-corrected chi connectivity index (χ1v) is 6.90. The second-order valence-corrected chi connectivity index (χ2v) is 4.59. The van der Waals surface area contributed by atoms with Gasteiger partial charge in [-0.3, -0.25) is 9.79 Å². The molecular formula is C14H18N6O. The number of dihydropyridines is 1. The lowest BCUT2D eigenvalue weighted by atomic mass is 10.1. The van der Waals surface area contributed by atoms with E-state index in [9.17, 15) is 4.79 Å². The zero-order valence-electron chi connectivity index (χ0n) is 11.9. The SMILES string of the molecule is CCCCCN/C(N)=N/N=C/C1=CN=C2C=CC(=O)N=C12. The van der Waals surface area contributed by atoms with Gasteiger partial charge >= 0.3 is 0 Å². The molecule has 2 heterocycles. The summed E-state index contributed by atoms with van der Waals surface area (Å²) in [5.74, 6) is -0.0330. The molecule has 0 spiro atoms. The van der Waals surface area contributed by atoms with Crippen molar-refractivity contribution >= 4 is 29.5 Å². The zero-order chi connectivity index (χ0) is 15.1. The van der Waals surface area contributed by atoms with Crippen LogP contribution in [0.1, 0.15) is 26.2 Å². The van der Waals surface area contributed by atoms with Gasteiger partial charge in [0.25, 0.3) is 5.91 Å². The van der Waals surface area contributed by atoms with E-state index in [0.717, 1.165) is 25.8 Å². The number of hydrogen-bond acceptors (Lipinski definition) is 4. The fraction of sp³-hybridized carbons (Fsp3) is 0.357. The Morgan fingerprint density at radius 2 is 2.29 bits per heavy atom. The van der Waals surface area contributed by atoms with Gasteiger partial charge in [0.1, 0.15) is 5.71 Å². The van der Waals surface area contributed by atoms with E-state index in [-0.39, 0.29) is 11.9 Å². The molecule has 0 aromatic heterocycles. The highest BCUT2D eigenvalue weighted by Gasteiger charge is 2.20. The highest BCUT2D eigenvalue weighted by Crippen LogP contribution is 2.12. The zero-order valence-corrected chi connectivity index (χ0v) is 11.9. The molecule has 0 aromatic carbocycles. The number of guanidine groups is 1. The molecule has 3 N–H and O–H groups in total. The van der Waals surface area contributed by atoms with E-state index < -0.39 is 0 Å². The summed E-state index contributed by atoms with van der Waals surface area (Å²) < 4.78 is 0. The maximum atomic E-state index is 11.2. The monoisotopic (exact) mass is 286 g/mol. The molecule has 2 rings (SSSR count). The van der Waals surface area contributed by atoms with Crippen LogP contribution in [0.25, 0.3) is 0 Å². The van der Waals surface area contributed by atoms with Crippen molar-refractivity contribution in [3.63, 3.8) is 0 Å². The summed E-state index contributed by atoms with van der Waals surface area (Å²) in [5.41, 5.74) is 7.50. The Kier molecular flexibility index (Phi) is 5.14. The van der Waals surface area contributed by atoms with Crippen LogP contribution in [-0.4, -0.2) is 36.0 Å². The minimum absolute atomic E-state index is 0.267. The van der Waals surface area contributed by atoms with Crippen LogP contribution in [0, 0.1) is 0 Å². The van der Waals surface area contributed by atoms with E-state index in [1.54, 1.807) is 12.3 Å². The molecule has 1 amide bonds. The number of carbonyl (C=O) groups is 1. The molecule has 0 saturated heterocycles. The Labute approximate surface area is 123 Å². The van der Waals surface area contributed by atoms with Gasteiger partial charge in [-0.05, 0) is 12.5 Å². The smallest absolute Gasteiger partial charge is 0.270 e. The molecule has 0 aromatic rings. The standard InChI is InChI=1S/C14H18N6O/c1-2-3-4-7-16-14(15)20-18-9-10-8-17-11-5-6-12(21)19-13(10)11/h5-6,8-9H,2-4,7H2,1H3,(H3,15,16,20)/b18-9+. The highest BCUT2D eigenvalue weighted by atomic mass is 16.1. The van der Waals surface area contributed by atoms with Crippen molar-refractivity contribution in [2.75, 3.05) is 6.54 Å². The van der Waals surface area contributed by atoms with Crippen molar-refractivity contribution in [3.8, 4) is 0 Å². The van der Waals surface area contributed by atoms with E-state index in [0.29, 0.717) is 17.0 Å². The Balaban J connectivity index is 1.87. The van der Waals surface area contributed by atoms with Crippen molar-refractivity contribution in [1.29, 1.82) is 0 Å². The number of rotatable bonds is 6. The summed E-state index contributed by atoms with van der Waals surface area (Å²) in [5, 5.41) is 10.7. The summed E-state index contributed by atoms with van der Waals surface area (Å²) in [7, 11) is 0. The predicted molar refractivity (Wildman–Crippen MR) is 84.7 cm³/mol. The van der Waals surface area contributed by atoms with Crippen molar-refractivity contribution in [1.82, 2.24) is 5.32 Å². The van der Waals surface area contributed by atoms with Crippen LogP contribution >= 0.6 is 0 Å². The van der Waals surface area contributed by atoms with Crippen molar-refractivity contribution in [2.24, 2.45) is 25.9 Å². The maximum Gasteiger partial charge on any atom is 0.270 e. The Morgan fingerprint density at radius 3 is 3.10 bits per heavy atom. The van der Waals surface area contributed by atoms with Crippen LogP contribution in [0.5, 0.6) is 0 Å². The number of hydrogen-bond donors (Lipinski definition) is 2. The first kappa shape index (κ1) is 14.8. The summed E-state index contributed by atoms with van der Waals surface area (Å²) in [6, 6.07) is 0. The molecule has 0 bridgehead atoms. The molecule has 0 saturated carbocycles. The lowest BCUT2D eigenvalue weighted by Crippen LogP contribution is -2.31. The van der Waals surface area contributed by atoms with Crippen LogP contribution in [0.2, 0.25) is 0 Å². The van der Waals surface area contributed by atoms with E-state index in [1.165, 1.54) is 12.3 Å². The Hall–Kier alpha value is -2.57. The number of fused-ring (bicyclic) bond motifs is 1. The number of allylic oxidation sites excluding steroid dienone is 2. The summed E-state index contributed by atoms with van der Waals surface area (Å²) >= 11 is 0. The minimum atomic E-state index is -0.300. The maximum absolute atomic E-state index is 11.2. The molecule has 110 valence electrons. The van der Waals surface area contributed by atoms with Gasteiger partial charge in [0.05, 0.1) is 11.9 Å². The van der Waals surface area contributed by atoms with Gasteiger partial charge in [0.2, 0.25) is 5.96 Å². The molecule has 0 atom stereocenters. The van der Waals surface area contributed by atoms with E-state index in [2.05, 4.69) is 32.4 Å². The Bertz CT molecular complexity index is 595. The van der Waals surface area contributed by atoms with Crippen molar-refractivity contribution in [2.45, 2.75) is 26.2 Å². The molecule has 0 unspecified atom stereocenters. The number of nitrogens with zero attached hydrogens (tertiary/aromatic N) is 4. The molecule has 7 nitrogen and oxygen atoms in total. The van der Waals surface area contributed by atoms with Gasteiger partial charge in [-0.15, -0.1) is 5.10 Å². The van der Waals surface area contributed by atoms with Crippen LogP contribution in [0.15, 0.2) is 44.1 Å². The van der Waals surface area contributed by atoms with E-state index >= 15 is 0 Å². The van der Waals surface area contributed by atoms with Gasteiger partial charge in [-0.25, -0.2) is 4.99 Å². The summed E-state index contributed by atoms with van der Waals surface area (Å²) in [4.78, 5) is 19.3. The second kappa shape index (κ2) is 7.28. The number of aliphatic imine (C=N–C) groups is 2. The number of carbonyl (C=O) groups excluding carboxylic acids is 1. The van der Waals surface area contributed by atoms with Gasteiger partial charge in [-0.2, -0.15) is 5.10 Å². The summed E-state index contributed by atoms with van der Waals surface area (Å²) in [6.45, 7) is 2.92. The number of unbranched alkanes of at least 4 members (excludes halogenated alkanes) is 2. The van der Waals surface area contributed by atoms with Crippen molar-refractivity contribution in [3.05, 3.63) is 23.9 Å². The lowest BCUT2D eigenvalue weighted by molar-refractivity contribution is -0.113. The highest BCUT2D eigenvalue weighted by molar-refractivity contribution is 6.59. The molecule has 7 heteroatoms. The third kappa shape index (κ3) is 4.20. The first-order chi connectivity index (χ1) is 10.2. The molecule has 0 radical (unpaired) electrons. The second-order valence-electron chi connectivity index (χ2n) is 4.59. The van der Waals surface area contributed by atoms with Gasteiger partial charge in [0, 0.05) is 24.4 Å². The van der Waals surface area contributed by atoms with Crippen molar-refractivity contribution < 1.29 is 4.79 Å². The largest absolute Gasteiger partial charge is 0.368 e. The van der Waals surface area contributed by atoms with Crippen LogP contribution in [0.3, 0.4) is 0 Å². The molecular weight excluding hydrogens is 268 g/mol. The normalized spacial score (nSPS) is 17.7. The average Bonchev–Trinajstić information content (AvgIpc) is 2.86. The number of amides is 1. The van der Waals surface area contributed by atoms with Gasteiger partial charge in [-0.1, -0.05) is 19.8 Å². The lowest BCUT2D eigenvalue weighted by Gasteiger charge is -2.03. The topological polar surface area (TPSA) is 105 Å². The van der Waals surface area contributed by atoms with Crippen LogP contribution in [0.4, 0.5) is 0 Å². The van der Waals surface area contributed by atoms with Crippen LogP contribution < -0.4 is 11.1 Å². The number of nitrogens with one attached hydrogen (secondary N) is 1. The molecule has 21 heavy (non-hydrogen) atoms. The third-order valence-electron chi connectivity index (χ3n) is 2.91. The molecule has 0 fully saturated rings. The van der Waals surface area contributed by atoms with E-state index in [1.807, 2.05) is 0 Å². The number of nitrogens with two attached hydrogens (primary N) is 1. The predicted octanol–water partition coefficient (Wildman–Crippen LogP) is 0.943. The summed E-state index contributed by atoms with van der Waals surface area (Å²) in [6.07, 6.45) is 9.45. The molecule has 2 aliphatic rings. The van der Waals surface area contributed by atoms with Gasteiger partial charge in [0.15, 0.2) is 0 Å². The fourth-order valence-electron chi connectivity index (χ4n) is 1.83. The first-order valence-electron chi connectivity index (χ1n) is 6.90. The third-order valence-corrected chi connectivity index (χ3v) is 2.91. The van der Waals surface area contributed by atoms with Crippen LogP contribution in [-0.2, 0) is 4.79 Å². The van der Waals surface area contributed by atoms with Gasteiger partial charge < -0.3 is 11.1 Å². The molecule has 0 aliphatic carbocycles. The minimum Gasteiger partial charge on any atom is -0.368 e.